The third-order valence-corrected chi connectivity index (χ3v) is 4.78. The first-order valence-corrected chi connectivity index (χ1v) is 8.83. The zero-order valence-corrected chi connectivity index (χ0v) is 15.4. The molecule has 3 aromatic rings. The predicted molar refractivity (Wildman–Crippen MR) is 108 cm³/mol. The quantitative estimate of drug-likeness (QED) is 0.705. The fourth-order valence-corrected chi connectivity index (χ4v) is 3.08. The van der Waals surface area contributed by atoms with Gasteiger partial charge >= 0.3 is 6.03 Å². The first-order chi connectivity index (χ1) is 12.6. The summed E-state index contributed by atoms with van der Waals surface area (Å²) >= 11 is 0. The lowest BCUT2D eigenvalue weighted by Gasteiger charge is -2.30. The Balaban J connectivity index is 1.81. The number of likely N-dealkylation sites (N-methyl/N-ethyl adjacent to an activating group) is 1. The fraction of sp³-hybridized carbons (Fsp3) is 0.227. The molecule has 0 aliphatic rings. The van der Waals surface area contributed by atoms with Crippen LogP contribution in [0.3, 0.4) is 0 Å². The SMILES string of the molecule is C[C@@H]([C@H](NC(=O)Nc1cccc2ccccc12)c1ccccc1)N(C)C. The Bertz CT molecular complexity index is 871. The number of urea groups is 1. The van der Waals surface area contributed by atoms with Gasteiger partial charge < -0.3 is 15.5 Å². The van der Waals surface area contributed by atoms with Gasteiger partial charge in [-0.25, -0.2) is 4.79 Å². The number of benzene rings is 3. The van der Waals surface area contributed by atoms with Crippen molar-refractivity contribution in [2.24, 2.45) is 0 Å². The van der Waals surface area contributed by atoms with Gasteiger partial charge in [0.05, 0.1) is 11.7 Å². The first kappa shape index (κ1) is 18.0. The summed E-state index contributed by atoms with van der Waals surface area (Å²) in [5.74, 6) is 0. The Morgan fingerprint density at radius 2 is 1.54 bits per heavy atom. The van der Waals surface area contributed by atoms with E-state index in [9.17, 15) is 4.79 Å². The van der Waals surface area contributed by atoms with Crippen LogP contribution in [0.25, 0.3) is 10.8 Å². The van der Waals surface area contributed by atoms with Crippen molar-refractivity contribution in [1.82, 2.24) is 10.2 Å². The van der Waals surface area contributed by atoms with Crippen LogP contribution >= 0.6 is 0 Å². The predicted octanol–water partition coefficient (Wildman–Crippen LogP) is 4.65. The Kier molecular flexibility index (Phi) is 5.54. The van der Waals surface area contributed by atoms with E-state index < -0.39 is 0 Å². The smallest absolute Gasteiger partial charge is 0.319 e. The fourth-order valence-electron chi connectivity index (χ4n) is 3.08. The van der Waals surface area contributed by atoms with Gasteiger partial charge in [-0.15, -0.1) is 0 Å². The summed E-state index contributed by atoms with van der Waals surface area (Å²) < 4.78 is 0. The average molecular weight is 347 g/mol. The molecule has 0 aliphatic carbocycles. The molecule has 134 valence electrons. The second kappa shape index (κ2) is 8.02. The average Bonchev–Trinajstić information content (AvgIpc) is 2.66. The lowest BCUT2D eigenvalue weighted by atomic mass is 10.00. The van der Waals surface area contributed by atoms with Gasteiger partial charge in [-0.2, -0.15) is 0 Å². The molecular weight excluding hydrogens is 322 g/mol. The number of nitrogens with one attached hydrogen (secondary N) is 2. The van der Waals surface area contributed by atoms with Crippen LogP contribution in [0, 0.1) is 0 Å². The lowest BCUT2D eigenvalue weighted by Crippen LogP contribution is -2.43. The minimum absolute atomic E-state index is 0.110. The minimum Gasteiger partial charge on any atom is -0.329 e. The zero-order chi connectivity index (χ0) is 18.5. The highest BCUT2D eigenvalue weighted by Crippen LogP contribution is 2.24. The monoisotopic (exact) mass is 347 g/mol. The van der Waals surface area contributed by atoms with Gasteiger partial charge in [-0.3, -0.25) is 0 Å². The second-order valence-electron chi connectivity index (χ2n) is 6.72. The summed E-state index contributed by atoms with van der Waals surface area (Å²) in [4.78, 5) is 14.8. The van der Waals surface area contributed by atoms with E-state index in [1.807, 2.05) is 86.9 Å². The summed E-state index contributed by atoms with van der Waals surface area (Å²) in [5.41, 5.74) is 1.90. The highest BCUT2D eigenvalue weighted by Gasteiger charge is 2.23. The second-order valence-corrected chi connectivity index (χ2v) is 6.72. The van der Waals surface area contributed by atoms with E-state index in [0.717, 1.165) is 22.0 Å². The molecule has 0 saturated heterocycles. The van der Waals surface area contributed by atoms with Crippen LogP contribution in [0.15, 0.2) is 72.8 Å². The summed E-state index contributed by atoms with van der Waals surface area (Å²) in [5, 5.41) is 8.28. The van der Waals surface area contributed by atoms with Crippen LogP contribution in [0.4, 0.5) is 10.5 Å². The number of hydrogen-bond acceptors (Lipinski definition) is 2. The Hall–Kier alpha value is -2.85. The van der Waals surface area contributed by atoms with E-state index in [1.165, 1.54) is 0 Å². The minimum atomic E-state index is -0.205. The van der Waals surface area contributed by atoms with Crippen LogP contribution in [0.2, 0.25) is 0 Å². The van der Waals surface area contributed by atoms with Crippen LogP contribution in [-0.2, 0) is 0 Å². The molecule has 0 fully saturated rings. The van der Waals surface area contributed by atoms with E-state index in [0.29, 0.717) is 0 Å². The summed E-state index contributed by atoms with van der Waals surface area (Å²) in [7, 11) is 4.04. The maximum atomic E-state index is 12.7. The molecule has 4 heteroatoms. The number of nitrogens with zero attached hydrogens (tertiary/aromatic N) is 1. The largest absolute Gasteiger partial charge is 0.329 e. The molecular formula is C22H25N3O. The topological polar surface area (TPSA) is 44.4 Å². The summed E-state index contributed by atoms with van der Waals surface area (Å²) in [6.45, 7) is 2.11. The van der Waals surface area contributed by atoms with Gasteiger partial charge in [0.2, 0.25) is 0 Å². The number of amides is 2. The number of carbonyl (C=O) groups excluding carboxylic acids is 1. The van der Waals surface area contributed by atoms with Crippen molar-refractivity contribution < 1.29 is 4.79 Å². The van der Waals surface area contributed by atoms with Gasteiger partial charge in [0.25, 0.3) is 0 Å². The number of carbonyl (C=O) groups is 1. The molecule has 3 rings (SSSR count). The van der Waals surface area contributed by atoms with Crippen molar-refractivity contribution >= 4 is 22.5 Å². The number of fused-ring (bicyclic) bond motifs is 1. The van der Waals surface area contributed by atoms with Gasteiger partial charge in [0.1, 0.15) is 0 Å². The standard InChI is InChI=1S/C22H25N3O/c1-16(25(2)3)21(18-11-5-4-6-12-18)24-22(26)23-20-15-9-13-17-10-7-8-14-19(17)20/h4-16,21H,1-3H3,(H2,23,24,26)/t16-,21-/m0/s1. The summed E-state index contributed by atoms with van der Waals surface area (Å²) in [6.07, 6.45) is 0. The highest BCUT2D eigenvalue weighted by atomic mass is 16.2. The van der Waals surface area contributed by atoms with Crippen molar-refractivity contribution in [3.05, 3.63) is 78.4 Å². The van der Waals surface area contributed by atoms with E-state index >= 15 is 0 Å². The Morgan fingerprint density at radius 3 is 2.27 bits per heavy atom. The molecule has 0 aliphatic heterocycles. The maximum Gasteiger partial charge on any atom is 0.319 e. The highest BCUT2D eigenvalue weighted by molar-refractivity contribution is 6.01. The van der Waals surface area contributed by atoms with Crippen molar-refractivity contribution in [1.29, 1.82) is 0 Å². The summed E-state index contributed by atoms with van der Waals surface area (Å²) in [6, 6.07) is 23.8. The van der Waals surface area contributed by atoms with E-state index in [-0.39, 0.29) is 18.1 Å². The molecule has 26 heavy (non-hydrogen) atoms. The molecule has 0 spiro atoms. The van der Waals surface area contributed by atoms with E-state index in [2.05, 4.69) is 22.5 Å². The van der Waals surface area contributed by atoms with Crippen LogP contribution in [0.5, 0.6) is 0 Å². The van der Waals surface area contributed by atoms with Crippen molar-refractivity contribution in [2.75, 3.05) is 19.4 Å². The molecule has 3 aromatic carbocycles. The van der Waals surface area contributed by atoms with Crippen LogP contribution < -0.4 is 10.6 Å². The lowest BCUT2D eigenvalue weighted by molar-refractivity contribution is 0.225. The zero-order valence-electron chi connectivity index (χ0n) is 15.4. The number of hydrogen-bond donors (Lipinski definition) is 2. The molecule has 0 radical (unpaired) electrons. The van der Waals surface area contributed by atoms with Gasteiger partial charge in [-0.05, 0) is 38.0 Å². The van der Waals surface area contributed by atoms with Gasteiger partial charge in [-0.1, -0.05) is 66.7 Å². The normalized spacial score (nSPS) is 13.4. The van der Waals surface area contributed by atoms with Crippen molar-refractivity contribution in [3.63, 3.8) is 0 Å². The third-order valence-electron chi connectivity index (χ3n) is 4.78. The van der Waals surface area contributed by atoms with Crippen molar-refractivity contribution in [3.8, 4) is 0 Å². The Labute approximate surface area is 154 Å². The third kappa shape index (κ3) is 4.03. The van der Waals surface area contributed by atoms with Crippen LogP contribution in [0.1, 0.15) is 18.5 Å². The Morgan fingerprint density at radius 1 is 0.885 bits per heavy atom. The molecule has 0 bridgehead atoms. The van der Waals surface area contributed by atoms with Crippen molar-refractivity contribution in [2.45, 2.75) is 19.0 Å². The molecule has 2 N–H and O–H groups in total. The molecule has 0 aromatic heterocycles. The maximum absolute atomic E-state index is 12.7. The first-order valence-electron chi connectivity index (χ1n) is 8.83. The molecule has 2 amide bonds. The molecule has 2 atom stereocenters. The van der Waals surface area contributed by atoms with Gasteiger partial charge in [0.15, 0.2) is 0 Å². The number of rotatable bonds is 5. The number of anilines is 1. The van der Waals surface area contributed by atoms with Gasteiger partial charge in [0, 0.05) is 11.4 Å². The van der Waals surface area contributed by atoms with E-state index in [1.54, 1.807) is 0 Å². The molecule has 0 saturated carbocycles. The molecule has 0 unspecified atom stereocenters. The van der Waals surface area contributed by atoms with E-state index in [4.69, 9.17) is 0 Å². The van der Waals surface area contributed by atoms with Crippen LogP contribution in [-0.4, -0.2) is 31.1 Å². The molecule has 0 heterocycles. The molecule has 4 nitrogen and oxygen atoms in total.